The van der Waals surface area contributed by atoms with Gasteiger partial charge in [0.05, 0.1) is 12.5 Å². The van der Waals surface area contributed by atoms with Gasteiger partial charge < -0.3 is 4.74 Å². The fraction of sp³-hybridized carbons (Fsp3) is 0.550. The maximum Gasteiger partial charge on any atom is 0.310 e. The second kappa shape index (κ2) is 8.17. The first-order chi connectivity index (χ1) is 10.7. The lowest BCUT2D eigenvalue weighted by atomic mass is 9.92. The van der Waals surface area contributed by atoms with Crippen molar-refractivity contribution in [3.05, 3.63) is 48.0 Å². The lowest BCUT2D eigenvalue weighted by molar-refractivity contribution is -0.145. The molecule has 1 saturated carbocycles. The van der Waals surface area contributed by atoms with Crippen LogP contribution in [0.15, 0.2) is 42.5 Å². The average Bonchev–Trinajstić information content (AvgIpc) is 3.28. The van der Waals surface area contributed by atoms with Crippen LogP contribution in [0.5, 0.6) is 0 Å². The summed E-state index contributed by atoms with van der Waals surface area (Å²) in [5.74, 6) is -0.0660. The third kappa shape index (κ3) is 4.00. The molecule has 2 heteroatoms. The maximum absolute atomic E-state index is 12.1. The first-order valence-corrected chi connectivity index (χ1v) is 8.64. The molecular weight excluding hydrogens is 272 g/mol. The molecule has 0 radical (unpaired) electrons. The molecule has 0 aliphatic heterocycles. The maximum atomic E-state index is 12.1. The van der Waals surface area contributed by atoms with Crippen molar-refractivity contribution >= 4 is 5.97 Å². The summed E-state index contributed by atoms with van der Waals surface area (Å²) in [6.07, 6.45) is 11.6. The van der Waals surface area contributed by atoms with Gasteiger partial charge in [-0.25, -0.2) is 0 Å². The van der Waals surface area contributed by atoms with Crippen LogP contribution in [0.3, 0.4) is 0 Å². The van der Waals surface area contributed by atoms with Gasteiger partial charge in [0.25, 0.3) is 0 Å². The SMILES string of the molecule is CCCCCC/C=C/[C@@]1(c2ccccc2)C[C@H]1C(=O)OCC. The molecule has 0 saturated heterocycles. The van der Waals surface area contributed by atoms with E-state index in [1.54, 1.807) is 0 Å². The van der Waals surface area contributed by atoms with Gasteiger partial charge in [0.15, 0.2) is 0 Å². The van der Waals surface area contributed by atoms with Crippen LogP contribution in [-0.4, -0.2) is 12.6 Å². The average molecular weight is 300 g/mol. The Hall–Kier alpha value is -1.57. The van der Waals surface area contributed by atoms with Gasteiger partial charge in [-0.15, -0.1) is 0 Å². The van der Waals surface area contributed by atoms with E-state index in [-0.39, 0.29) is 17.3 Å². The molecule has 2 atom stereocenters. The Morgan fingerprint density at radius 1 is 1.23 bits per heavy atom. The highest BCUT2D eigenvalue weighted by atomic mass is 16.5. The van der Waals surface area contributed by atoms with Crippen LogP contribution in [0.2, 0.25) is 0 Å². The summed E-state index contributed by atoms with van der Waals surface area (Å²) in [7, 11) is 0. The Balaban J connectivity index is 2.02. The van der Waals surface area contributed by atoms with Crippen molar-refractivity contribution < 1.29 is 9.53 Å². The standard InChI is InChI=1S/C20H28O2/c1-3-5-6-7-8-12-15-20(17-13-10-9-11-14-17)16-18(20)19(21)22-4-2/h9-15,18H,3-8,16H2,1-2H3/b15-12+/t18-,20-/m0/s1. The third-order valence-corrected chi connectivity index (χ3v) is 4.53. The van der Waals surface area contributed by atoms with Crippen LogP contribution in [0.25, 0.3) is 0 Å². The number of hydrogen-bond donors (Lipinski definition) is 0. The van der Waals surface area contributed by atoms with Crippen molar-refractivity contribution in [2.45, 2.75) is 57.8 Å². The number of rotatable bonds is 9. The van der Waals surface area contributed by atoms with Crippen molar-refractivity contribution in [1.82, 2.24) is 0 Å². The zero-order valence-electron chi connectivity index (χ0n) is 13.9. The Morgan fingerprint density at radius 3 is 2.68 bits per heavy atom. The summed E-state index contributed by atoms with van der Waals surface area (Å²) >= 11 is 0. The fourth-order valence-corrected chi connectivity index (χ4v) is 3.15. The first-order valence-electron chi connectivity index (χ1n) is 8.64. The smallest absolute Gasteiger partial charge is 0.310 e. The number of unbranched alkanes of at least 4 members (excludes halogenated alkanes) is 4. The van der Waals surface area contributed by atoms with Crippen LogP contribution in [-0.2, 0) is 14.9 Å². The quantitative estimate of drug-likeness (QED) is 0.363. The van der Waals surface area contributed by atoms with Gasteiger partial charge in [-0.1, -0.05) is 68.7 Å². The minimum Gasteiger partial charge on any atom is -0.466 e. The highest BCUT2D eigenvalue weighted by Crippen LogP contribution is 2.56. The molecule has 1 aliphatic carbocycles. The lowest BCUT2D eigenvalue weighted by Gasteiger charge is -2.13. The molecule has 2 rings (SSSR count). The molecule has 120 valence electrons. The number of ether oxygens (including phenoxy) is 1. The summed E-state index contributed by atoms with van der Waals surface area (Å²) in [6, 6.07) is 10.4. The van der Waals surface area contributed by atoms with E-state index in [0.717, 1.165) is 12.8 Å². The van der Waals surface area contributed by atoms with Crippen molar-refractivity contribution in [3.63, 3.8) is 0 Å². The highest BCUT2D eigenvalue weighted by molar-refractivity contribution is 5.80. The molecule has 0 amide bonds. The Bertz CT molecular complexity index is 492. The summed E-state index contributed by atoms with van der Waals surface area (Å²) < 4.78 is 5.23. The van der Waals surface area contributed by atoms with Crippen molar-refractivity contribution in [2.24, 2.45) is 5.92 Å². The second-order valence-electron chi connectivity index (χ2n) is 6.17. The Morgan fingerprint density at radius 2 is 2.00 bits per heavy atom. The molecule has 0 bridgehead atoms. The predicted octanol–water partition coefficient (Wildman–Crippen LogP) is 5.03. The van der Waals surface area contributed by atoms with E-state index < -0.39 is 0 Å². The van der Waals surface area contributed by atoms with E-state index in [4.69, 9.17) is 4.74 Å². The van der Waals surface area contributed by atoms with Gasteiger partial charge in [0.1, 0.15) is 0 Å². The number of esters is 1. The third-order valence-electron chi connectivity index (χ3n) is 4.53. The number of allylic oxidation sites excluding steroid dienone is 2. The fourth-order valence-electron chi connectivity index (χ4n) is 3.15. The van der Waals surface area contributed by atoms with E-state index in [1.165, 1.54) is 31.2 Å². The number of hydrogen-bond acceptors (Lipinski definition) is 2. The number of benzene rings is 1. The van der Waals surface area contributed by atoms with Crippen molar-refractivity contribution in [1.29, 1.82) is 0 Å². The van der Waals surface area contributed by atoms with E-state index in [2.05, 4.69) is 31.2 Å². The lowest BCUT2D eigenvalue weighted by Crippen LogP contribution is -2.15. The van der Waals surface area contributed by atoms with Gasteiger partial charge in [-0.2, -0.15) is 0 Å². The van der Waals surface area contributed by atoms with Crippen molar-refractivity contribution in [2.75, 3.05) is 6.61 Å². The summed E-state index contributed by atoms with van der Waals surface area (Å²) in [6.45, 7) is 4.56. The molecule has 0 heterocycles. The molecular formula is C20H28O2. The highest BCUT2D eigenvalue weighted by Gasteiger charge is 2.58. The van der Waals surface area contributed by atoms with Gasteiger partial charge in [-0.3, -0.25) is 4.79 Å². The predicted molar refractivity (Wildman–Crippen MR) is 90.8 cm³/mol. The largest absolute Gasteiger partial charge is 0.466 e. The zero-order chi connectivity index (χ0) is 15.8. The van der Waals surface area contributed by atoms with Crippen LogP contribution in [0.4, 0.5) is 0 Å². The van der Waals surface area contributed by atoms with E-state index >= 15 is 0 Å². The van der Waals surface area contributed by atoms with Gasteiger partial charge in [0.2, 0.25) is 0 Å². The number of carbonyl (C=O) groups is 1. The van der Waals surface area contributed by atoms with Gasteiger partial charge >= 0.3 is 5.97 Å². The molecule has 0 spiro atoms. The number of carbonyl (C=O) groups excluding carboxylic acids is 1. The summed E-state index contributed by atoms with van der Waals surface area (Å²) in [4.78, 5) is 12.1. The minimum atomic E-state index is -0.127. The van der Waals surface area contributed by atoms with Crippen LogP contribution in [0.1, 0.15) is 57.9 Å². The summed E-state index contributed by atoms with van der Waals surface area (Å²) in [5.41, 5.74) is 1.11. The molecule has 0 unspecified atom stereocenters. The monoisotopic (exact) mass is 300 g/mol. The molecule has 0 aromatic heterocycles. The molecule has 1 fully saturated rings. The van der Waals surface area contributed by atoms with Gasteiger partial charge in [0, 0.05) is 5.41 Å². The van der Waals surface area contributed by atoms with E-state index in [0.29, 0.717) is 6.61 Å². The molecule has 1 aliphatic rings. The minimum absolute atomic E-state index is 0.0123. The van der Waals surface area contributed by atoms with Gasteiger partial charge in [-0.05, 0) is 31.7 Å². The molecule has 22 heavy (non-hydrogen) atoms. The Labute approximate surface area is 134 Å². The molecule has 0 N–H and O–H groups in total. The topological polar surface area (TPSA) is 26.3 Å². The molecule has 2 nitrogen and oxygen atoms in total. The Kier molecular flexibility index (Phi) is 6.23. The van der Waals surface area contributed by atoms with E-state index in [1.807, 2.05) is 25.1 Å². The summed E-state index contributed by atoms with van der Waals surface area (Å²) in [5, 5.41) is 0. The zero-order valence-corrected chi connectivity index (χ0v) is 13.9. The molecule has 1 aromatic carbocycles. The first kappa shape index (κ1) is 16.8. The van der Waals surface area contributed by atoms with Crippen LogP contribution in [0, 0.1) is 5.92 Å². The van der Waals surface area contributed by atoms with Crippen molar-refractivity contribution in [3.8, 4) is 0 Å². The van der Waals surface area contributed by atoms with E-state index in [9.17, 15) is 4.79 Å². The van der Waals surface area contributed by atoms with Crippen LogP contribution < -0.4 is 0 Å². The second-order valence-corrected chi connectivity index (χ2v) is 6.17. The molecule has 1 aromatic rings. The normalized spacial score (nSPS) is 23.6. The van der Waals surface area contributed by atoms with Crippen LogP contribution >= 0.6 is 0 Å².